The highest BCUT2D eigenvalue weighted by atomic mass is 35.5. The van der Waals surface area contributed by atoms with Gasteiger partial charge in [0.15, 0.2) is 5.11 Å². The molecule has 3 atom stereocenters. The predicted molar refractivity (Wildman–Crippen MR) is 107 cm³/mol. The average molecular weight is 400 g/mol. The molecule has 0 amide bonds. The van der Waals surface area contributed by atoms with Crippen LogP contribution in [0.5, 0.6) is 5.75 Å². The number of aromatic hydroxyl groups is 1. The maximum absolute atomic E-state index is 10.1. The maximum atomic E-state index is 10.1. The summed E-state index contributed by atoms with van der Waals surface area (Å²) in [5, 5.41) is 17.3. The van der Waals surface area contributed by atoms with E-state index in [1.807, 2.05) is 0 Å². The van der Waals surface area contributed by atoms with Crippen LogP contribution in [0.3, 0.4) is 0 Å². The molecule has 1 aromatic rings. The fourth-order valence-corrected chi connectivity index (χ4v) is 5.49. The summed E-state index contributed by atoms with van der Waals surface area (Å²) in [6.07, 6.45) is 5.10. The summed E-state index contributed by atoms with van der Waals surface area (Å²) >= 11 is 17.3. The van der Waals surface area contributed by atoms with Gasteiger partial charge in [0.05, 0.1) is 16.8 Å². The van der Waals surface area contributed by atoms with E-state index < -0.39 is 0 Å². The van der Waals surface area contributed by atoms with Gasteiger partial charge in [0.2, 0.25) is 0 Å². The Balaban J connectivity index is 2.00. The van der Waals surface area contributed by atoms with Crippen molar-refractivity contribution in [1.29, 1.82) is 0 Å². The van der Waals surface area contributed by atoms with Gasteiger partial charge in [-0.05, 0) is 67.8 Å². The van der Waals surface area contributed by atoms with Gasteiger partial charge in [-0.1, -0.05) is 37.0 Å². The molecule has 2 aliphatic rings. The Morgan fingerprint density at radius 3 is 2.52 bits per heavy atom. The van der Waals surface area contributed by atoms with Crippen molar-refractivity contribution in [2.45, 2.75) is 45.6 Å². The van der Waals surface area contributed by atoms with Crippen LogP contribution in [0.4, 0.5) is 0 Å². The Labute approximate surface area is 164 Å². The molecule has 4 nitrogen and oxygen atoms in total. The van der Waals surface area contributed by atoms with E-state index in [2.05, 4.69) is 25.9 Å². The Kier molecular flexibility index (Phi) is 4.71. The standard InChI is InChI=1S/C18H23Cl2N3OS/c1-17(2)11-4-5-12(7-11)18(17,3)23(16(21)25)22-9-10-6-13(19)8-14(20)15(10)24/h6,8-9,11-12,24H,4-5,7H2,1-3H3,(H2,21,25)/b22-9+. The van der Waals surface area contributed by atoms with Crippen LogP contribution in [0, 0.1) is 17.3 Å². The molecule has 2 saturated carbocycles. The number of fused-ring (bicyclic) bond motifs is 2. The molecule has 7 heteroatoms. The molecule has 3 rings (SSSR count). The first-order chi connectivity index (χ1) is 11.6. The highest BCUT2D eigenvalue weighted by Gasteiger charge is 2.63. The Bertz CT molecular complexity index is 752. The van der Waals surface area contributed by atoms with Gasteiger partial charge >= 0.3 is 0 Å². The third-order valence-electron chi connectivity index (χ3n) is 6.57. The minimum absolute atomic E-state index is 0.0324. The van der Waals surface area contributed by atoms with Crippen LogP contribution in [0.1, 0.15) is 45.6 Å². The maximum Gasteiger partial charge on any atom is 0.187 e. The van der Waals surface area contributed by atoms with Gasteiger partial charge in [0.25, 0.3) is 0 Å². The van der Waals surface area contributed by atoms with Crippen LogP contribution in [0.15, 0.2) is 17.2 Å². The van der Waals surface area contributed by atoms with E-state index >= 15 is 0 Å². The molecule has 1 aromatic carbocycles. The van der Waals surface area contributed by atoms with Crippen LogP contribution >= 0.6 is 35.4 Å². The zero-order valence-corrected chi connectivity index (χ0v) is 16.9. The topological polar surface area (TPSA) is 61.8 Å². The van der Waals surface area contributed by atoms with Crippen molar-refractivity contribution in [1.82, 2.24) is 5.01 Å². The van der Waals surface area contributed by atoms with E-state index in [9.17, 15) is 5.11 Å². The molecule has 0 aromatic heterocycles. The van der Waals surface area contributed by atoms with Gasteiger partial charge in [0.1, 0.15) is 5.75 Å². The minimum Gasteiger partial charge on any atom is -0.506 e. The first kappa shape index (κ1) is 18.7. The zero-order chi connectivity index (χ0) is 18.6. The lowest BCUT2D eigenvalue weighted by molar-refractivity contribution is -0.00202. The van der Waals surface area contributed by atoms with Crippen molar-refractivity contribution in [3.63, 3.8) is 0 Å². The predicted octanol–water partition coefficient (Wildman–Crippen LogP) is 4.79. The lowest BCUT2D eigenvalue weighted by Gasteiger charge is -2.52. The smallest absolute Gasteiger partial charge is 0.187 e. The fraction of sp³-hybridized carbons (Fsp3) is 0.556. The van der Waals surface area contributed by atoms with Crippen molar-refractivity contribution in [3.8, 4) is 5.75 Å². The minimum atomic E-state index is -0.268. The zero-order valence-electron chi connectivity index (χ0n) is 14.6. The second kappa shape index (κ2) is 6.29. The van der Waals surface area contributed by atoms with Crippen LogP contribution < -0.4 is 5.73 Å². The third kappa shape index (κ3) is 2.81. The lowest BCUT2D eigenvalue weighted by Crippen LogP contribution is -2.60. The Morgan fingerprint density at radius 2 is 1.96 bits per heavy atom. The molecule has 2 bridgehead atoms. The molecule has 0 heterocycles. The number of phenols is 1. The normalized spacial score (nSPS) is 30.1. The van der Waals surface area contributed by atoms with E-state index in [0.29, 0.717) is 22.4 Å². The molecule has 0 spiro atoms. The van der Waals surface area contributed by atoms with Crippen LogP contribution in [0.2, 0.25) is 10.0 Å². The van der Waals surface area contributed by atoms with Gasteiger partial charge < -0.3 is 10.8 Å². The summed E-state index contributed by atoms with van der Waals surface area (Å²) < 4.78 is 0. The molecule has 2 aliphatic carbocycles. The number of thiocarbonyl (C=S) groups is 1. The SMILES string of the molecule is CC1(C)C2CCC(C2)C1(C)N(/N=C/c1cc(Cl)cc(Cl)c1O)C(N)=S. The monoisotopic (exact) mass is 399 g/mol. The van der Waals surface area contributed by atoms with E-state index in [1.165, 1.54) is 25.1 Å². The van der Waals surface area contributed by atoms with Gasteiger partial charge in [-0.25, -0.2) is 5.01 Å². The van der Waals surface area contributed by atoms with E-state index in [4.69, 9.17) is 41.2 Å². The highest BCUT2D eigenvalue weighted by Crippen LogP contribution is 2.63. The first-order valence-corrected chi connectivity index (χ1v) is 9.57. The molecule has 25 heavy (non-hydrogen) atoms. The molecule has 0 saturated heterocycles. The fourth-order valence-electron chi connectivity index (χ4n) is 4.74. The molecule has 3 unspecified atom stereocenters. The van der Waals surface area contributed by atoms with Crippen LogP contribution in [-0.4, -0.2) is 27.0 Å². The van der Waals surface area contributed by atoms with Crippen molar-refractivity contribution in [3.05, 3.63) is 27.7 Å². The number of nitrogens with zero attached hydrogens (tertiary/aromatic N) is 2. The largest absolute Gasteiger partial charge is 0.506 e. The summed E-state index contributed by atoms with van der Waals surface area (Å²) in [7, 11) is 0. The van der Waals surface area contributed by atoms with Gasteiger partial charge in [-0.3, -0.25) is 0 Å². The number of hydrazone groups is 1. The van der Waals surface area contributed by atoms with E-state index in [1.54, 1.807) is 11.1 Å². The number of benzene rings is 1. The number of halogens is 2. The second-order valence-electron chi connectivity index (χ2n) is 7.80. The second-order valence-corrected chi connectivity index (χ2v) is 9.06. The number of hydrogen-bond donors (Lipinski definition) is 2. The van der Waals surface area contributed by atoms with Crippen LogP contribution in [0.25, 0.3) is 0 Å². The van der Waals surface area contributed by atoms with Crippen molar-refractivity contribution in [2.75, 3.05) is 0 Å². The summed E-state index contributed by atoms with van der Waals surface area (Å²) in [6, 6.07) is 3.10. The van der Waals surface area contributed by atoms with Crippen LogP contribution in [-0.2, 0) is 0 Å². The molecule has 0 aliphatic heterocycles. The molecule has 3 N–H and O–H groups in total. The average Bonchev–Trinajstić information content (AvgIpc) is 3.07. The lowest BCUT2D eigenvalue weighted by atomic mass is 9.64. The number of phenolic OH excluding ortho intramolecular Hbond substituents is 1. The van der Waals surface area contributed by atoms with Gasteiger partial charge in [-0.15, -0.1) is 0 Å². The van der Waals surface area contributed by atoms with Gasteiger partial charge in [0, 0.05) is 10.6 Å². The molecular weight excluding hydrogens is 377 g/mol. The Hall–Kier alpha value is -1.04. The van der Waals surface area contributed by atoms with E-state index in [0.717, 1.165) is 6.42 Å². The third-order valence-corrected chi connectivity index (χ3v) is 7.25. The van der Waals surface area contributed by atoms with Crippen molar-refractivity contribution < 1.29 is 5.11 Å². The number of nitrogens with two attached hydrogens (primary N) is 1. The van der Waals surface area contributed by atoms with E-state index in [-0.39, 0.29) is 26.8 Å². The molecule has 0 radical (unpaired) electrons. The number of hydrogen-bond acceptors (Lipinski definition) is 3. The Morgan fingerprint density at radius 1 is 1.32 bits per heavy atom. The van der Waals surface area contributed by atoms with Gasteiger partial charge in [-0.2, -0.15) is 5.10 Å². The summed E-state index contributed by atoms with van der Waals surface area (Å²) in [5.41, 5.74) is 6.24. The summed E-state index contributed by atoms with van der Waals surface area (Å²) in [4.78, 5) is 0. The quantitative estimate of drug-likeness (QED) is 0.435. The molecule has 136 valence electrons. The summed E-state index contributed by atoms with van der Waals surface area (Å²) in [5.74, 6) is 1.07. The molecule has 2 fully saturated rings. The highest BCUT2D eigenvalue weighted by molar-refractivity contribution is 7.80. The number of rotatable bonds is 3. The summed E-state index contributed by atoms with van der Waals surface area (Å²) in [6.45, 7) is 6.73. The van der Waals surface area contributed by atoms with Crippen molar-refractivity contribution in [2.24, 2.45) is 28.1 Å². The van der Waals surface area contributed by atoms with Crippen molar-refractivity contribution >= 4 is 46.7 Å². The molecular formula is C18H23Cl2N3OS. The first-order valence-electron chi connectivity index (χ1n) is 8.40.